The van der Waals surface area contributed by atoms with Crippen molar-refractivity contribution in [3.05, 3.63) is 83.8 Å². The molecule has 1 fully saturated rings. The normalized spacial score (nSPS) is 14.0. The first-order valence-corrected chi connectivity index (χ1v) is 10.8. The highest BCUT2D eigenvalue weighted by atomic mass is 16.2. The lowest BCUT2D eigenvalue weighted by molar-refractivity contribution is 0.208. The Balaban J connectivity index is 1.38. The number of aryl methyl sites for hydroxylation is 1. The SMILES string of the molecule is Cc1nc2ncnn2c(N2CCN(C(=O)Nc3ccccc3)CC2)c1Cc1ccccc1. The lowest BCUT2D eigenvalue weighted by Gasteiger charge is -2.37. The molecule has 0 unspecified atom stereocenters. The van der Waals surface area contributed by atoms with Crippen molar-refractivity contribution in [2.24, 2.45) is 0 Å². The quantitative estimate of drug-likeness (QED) is 0.540. The van der Waals surface area contributed by atoms with E-state index in [0.717, 1.165) is 29.2 Å². The molecule has 2 aromatic carbocycles. The fraction of sp³-hybridized carbons (Fsp3) is 0.250. The van der Waals surface area contributed by atoms with Crippen LogP contribution in [0.3, 0.4) is 0 Å². The molecular formula is C24H25N7O. The fourth-order valence-electron chi connectivity index (χ4n) is 4.15. The predicted molar refractivity (Wildman–Crippen MR) is 124 cm³/mol. The Morgan fingerprint density at radius 2 is 1.66 bits per heavy atom. The van der Waals surface area contributed by atoms with Crippen LogP contribution in [-0.4, -0.2) is 56.7 Å². The van der Waals surface area contributed by atoms with Crippen molar-refractivity contribution in [3.63, 3.8) is 0 Å². The van der Waals surface area contributed by atoms with E-state index >= 15 is 0 Å². The summed E-state index contributed by atoms with van der Waals surface area (Å²) in [6.07, 6.45) is 2.31. The highest BCUT2D eigenvalue weighted by Crippen LogP contribution is 2.27. The molecule has 0 atom stereocenters. The number of hydrogen-bond acceptors (Lipinski definition) is 5. The molecule has 4 aromatic rings. The predicted octanol–water partition coefficient (Wildman–Crippen LogP) is 3.38. The van der Waals surface area contributed by atoms with Gasteiger partial charge in [0.2, 0.25) is 0 Å². The molecule has 0 aliphatic carbocycles. The molecule has 32 heavy (non-hydrogen) atoms. The Morgan fingerprint density at radius 1 is 0.969 bits per heavy atom. The van der Waals surface area contributed by atoms with Crippen LogP contribution in [-0.2, 0) is 6.42 Å². The number of nitrogens with zero attached hydrogens (tertiary/aromatic N) is 6. The number of benzene rings is 2. The Kier molecular flexibility index (Phi) is 5.41. The molecule has 2 amide bonds. The van der Waals surface area contributed by atoms with Gasteiger partial charge in [0, 0.05) is 49.5 Å². The summed E-state index contributed by atoms with van der Waals surface area (Å²) in [5, 5.41) is 7.43. The number of hydrogen-bond donors (Lipinski definition) is 1. The molecular weight excluding hydrogens is 402 g/mol. The molecule has 0 spiro atoms. The zero-order valence-corrected chi connectivity index (χ0v) is 18.0. The number of piperazine rings is 1. The lowest BCUT2D eigenvalue weighted by Crippen LogP contribution is -2.50. The van der Waals surface area contributed by atoms with Crippen LogP contribution >= 0.6 is 0 Å². The third-order valence-corrected chi connectivity index (χ3v) is 5.82. The van der Waals surface area contributed by atoms with Gasteiger partial charge in [-0.2, -0.15) is 14.6 Å². The first-order valence-electron chi connectivity index (χ1n) is 10.8. The summed E-state index contributed by atoms with van der Waals surface area (Å²) >= 11 is 0. The van der Waals surface area contributed by atoms with Gasteiger partial charge in [0.25, 0.3) is 5.78 Å². The summed E-state index contributed by atoms with van der Waals surface area (Å²) in [5.74, 6) is 1.61. The Bertz CT molecular complexity index is 1220. The summed E-state index contributed by atoms with van der Waals surface area (Å²) in [4.78, 5) is 25.8. The minimum absolute atomic E-state index is 0.0721. The highest BCUT2D eigenvalue weighted by molar-refractivity contribution is 5.89. The molecule has 5 rings (SSSR count). The Hall–Kier alpha value is -3.94. The Morgan fingerprint density at radius 3 is 2.38 bits per heavy atom. The van der Waals surface area contributed by atoms with E-state index < -0.39 is 0 Å². The van der Waals surface area contributed by atoms with Crippen LogP contribution in [0.2, 0.25) is 0 Å². The minimum atomic E-state index is -0.0721. The maximum absolute atomic E-state index is 12.7. The van der Waals surface area contributed by atoms with Crippen molar-refractivity contribution in [2.45, 2.75) is 13.3 Å². The van der Waals surface area contributed by atoms with Crippen LogP contribution in [0.4, 0.5) is 16.3 Å². The van der Waals surface area contributed by atoms with E-state index in [-0.39, 0.29) is 6.03 Å². The van der Waals surface area contributed by atoms with Gasteiger partial charge in [-0.1, -0.05) is 48.5 Å². The number of aromatic nitrogens is 4. The van der Waals surface area contributed by atoms with Gasteiger partial charge in [0.05, 0.1) is 0 Å². The number of fused-ring (bicyclic) bond motifs is 1. The first-order chi connectivity index (χ1) is 15.7. The Labute approximate surface area is 186 Å². The maximum Gasteiger partial charge on any atom is 0.321 e. The number of rotatable bonds is 4. The van der Waals surface area contributed by atoms with E-state index in [0.29, 0.717) is 32.0 Å². The van der Waals surface area contributed by atoms with Crippen LogP contribution in [0.5, 0.6) is 0 Å². The molecule has 0 bridgehead atoms. The number of amides is 2. The second kappa shape index (κ2) is 8.66. The highest BCUT2D eigenvalue weighted by Gasteiger charge is 2.26. The molecule has 2 aromatic heterocycles. The lowest BCUT2D eigenvalue weighted by atomic mass is 10.0. The summed E-state index contributed by atoms with van der Waals surface area (Å²) in [5.41, 5.74) is 4.11. The molecule has 162 valence electrons. The van der Waals surface area contributed by atoms with E-state index in [1.54, 1.807) is 6.33 Å². The van der Waals surface area contributed by atoms with Gasteiger partial charge in [-0.15, -0.1) is 0 Å². The van der Waals surface area contributed by atoms with Crippen molar-refractivity contribution in [3.8, 4) is 0 Å². The van der Waals surface area contributed by atoms with Crippen molar-refractivity contribution in [2.75, 3.05) is 36.4 Å². The van der Waals surface area contributed by atoms with Crippen molar-refractivity contribution in [1.29, 1.82) is 0 Å². The van der Waals surface area contributed by atoms with Gasteiger partial charge >= 0.3 is 6.03 Å². The first kappa shape index (κ1) is 20.0. The molecule has 3 heterocycles. The number of para-hydroxylation sites is 1. The van der Waals surface area contributed by atoms with Crippen molar-refractivity contribution < 1.29 is 4.79 Å². The van der Waals surface area contributed by atoms with E-state index in [4.69, 9.17) is 0 Å². The van der Waals surface area contributed by atoms with Crippen LogP contribution in [0, 0.1) is 6.92 Å². The topological polar surface area (TPSA) is 78.7 Å². The fourth-order valence-corrected chi connectivity index (χ4v) is 4.15. The average molecular weight is 428 g/mol. The smallest absolute Gasteiger partial charge is 0.321 e. The minimum Gasteiger partial charge on any atom is -0.353 e. The zero-order valence-electron chi connectivity index (χ0n) is 18.0. The van der Waals surface area contributed by atoms with Crippen molar-refractivity contribution >= 4 is 23.3 Å². The molecule has 8 heteroatoms. The molecule has 0 saturated carbocycles. The van der Waals surface area contributed by atoms with Crippen LogP contribution < -0.4 is 10.2 Å². The number of carbonyl (C=O) groups is 1. The number of carbonyl (C=O) groups excluding carboxylic acids is 1. The molecule has 1 aliphatic rings. The van der Waals surface area contributed by atoms with Gasteiger partial charge < -0.3 is 15.1 Å². The zero-order chi connectivity index (χ0) is 21.9. The monoisotopic (exact) mass is 427 g/mol. The van der Waals surface area contributed by atoms with Gasteiger partial charge in [-0.3, -0.25) is 0 Å². The van der Waals surface area contributed by atoms with Crippen LogP contribution in [0.15, 0.2) is 67.0 Å². The number of urea groups is 1. The van der Waals surface area contributed by atoms with Crippen molar-refractivity contribution in [1.82, 2.24) is 24.5 Å². The standard InChI is InChI=1S/C24H25N7O/c1-18-21(16-19-8-4-2-5-9-19)22(31-23(27-18)25-17-26-31)29-12-14-30(15-13-29)24(32)28-20-10-6-3-7-11-20/h2-11,17H,12-16H2,1H3,(H,28,32). The molecule has 8 nitrogen and oxygen atoms in total. The average Bonchev–Trinajstić information content (AvgIpc) is 3.29. The van der Waals surface area contributed by atoms with Crippen LogP contribution in [0.25, 0.3) is 5.78 Å². The second-order valence-electron chi connectivity index (χ2n) is 7.90. The maximum atomic E-state index is 12.7. The van der Waals surface area contributed by atoms with Gasteiger partial charge in [-0.25, -0.2) is 9.78 Å². The molecule has 1 saturated heterocycles. The molecule has 0 radical (unpaired) electrons. The molecule has 1 aliphatic heterocycles. The van der Waals surface area contributed by atoms with E-state index in [2.05, 4.69) is 49.5 Å². The van der Waals surface area contributed by atoms with Gasteiger partial charge in [-0.05, 0) is 24.6 Å². The largest absolute Gasteiger partial charge is 0.353 e. The summed E-state index contributed by atoms with van der Waals surface area (Å²) < 4.78 is 1.82. The van der Waals surface area contributed by atoms with E-state index in [9.17, 15) is 4.79 Å². The van der Waals surface area contributed by atoms with E-state index in [1.807, 2.05) is 52.7 Å². The number of nitrogens with one attached hydrogen (secondary N) is 1. The third-order valence-electron chi connectivity index (χ3n) is 5.82. The summed E-state index contributed by atoms with van der Waals surface area (Å²) in [6.45, 7) is 4.70. The third kappa shape index (κ3) is 3.99. The van der Waals surface area contributed by atoms with Crippen LogP contribution in [0.1, 0.15) is 16.8 Å². The summed E-state index contributed by atoms with van der Waals surface area (Å²) in [7, 11) is 0. The molecule has 1 N–H and O–H groups in total. The van der Waals surface area contributed by atoms with Gasteiger partial charge in [0.15, 0.2) is 0 Å². The second-order valence-corrected chi connectivity index (χ2v) is 7.90. The van der Waals surface area contributed by atoms with Gasteiger partial charge in [0.1, 0.15) is 12.1 Å². The summed E-state index contributed by atoms with van der Waals surface area (Å²) in [6, 6.07) is 19.9. The van der Waals surface area contributed by atoms with E-state index in [1.165, 1.54) is 5.56 Å². The number of anilines is 2.